The van der Waals surface area contributed by atoms with Gasteiger partial charge in [0.2, 0.25) is 5.91 Å². The molecule has 0 saturated carbocycles. The van der Waals surface area contributed by atoms with E-state index in [9.17, 15) is 24.3 Å². The van der Waals surface area contributed by atoms with Crippen molar-refractivity contribution in [2.75, 3.05) is 12.0 Å². The number of hydrogen-bond donors (Lipinski definition) is 1. The van der Waals surface area contributed by atoms with Crippen LogP contribution in [0.5, 0.6) is 5.75 Å². The molecule has 15 nitrogen and oxygen atoms in total. The molecule has 17 heteroatoms. The molecule has 1 atom stereocenters. The second-order valence-corrected chi connectivity index (χ2v) is 14.6. The van der Waals surface area contributed by atoms with E-state index in [4.69, 9.17) is 47.0 Å². The van der Waals surface area contributed by atoms with Crippen molar-refractivity contribution in [1.29, 1.82) is 0 Å². The number of carboxylic acids is 1. The molecule has 0 aliphatic rings. The zero-order valence-electron chi connectivity index (χ0n) is 31.7. The van der Waals surface area contributed by atoms with Crippen molar-refractivity contribution < 1.29 is 28.5 Å². The number of methoxy groups -OCH3 is 1. The molecule has 1 amide bonds. The fraction of sp³-hybridized carbons (Fsp3) is 0.116. The van der Waals surface area contributed by atoms with Gasteiger partial charge in [-0.1, -0.05) is 63.8 Å². The van der Waals surface area contributed by atoms with Gasteiger partial charge in [-0.05, 0) is 74.5 Å². The van der Waals surface area contributed by atoms with Crippen LogP contribution in [0.15, 0.2) is 116 Å². The number of hydrogen-bond acceptors (Lipinski definition) is 11. The molecule has 0 spiro atoms. The molecule has 3 aromatic carbocycles. The second-order valence-electron chi connectivity index (χ2n) is 13.8. The Balaban J connectivity index is 1.17. The molecule has 1 N–H and O–H groups in total. The highest BCUT2D eigenvalue weighted by molar-refractivity contribution is 6.38. The smallest absolute Gasteiger partial charge is 0.333 e. The average Bonchev–Trinajstić information content (AvgIpc) is 3.82. The Morgan fingerprint density at radius 3 is 1.83 bits per heavy atom. The van der Waals surface area contributed by atoms with Gasteiger partial charge in [-0.2, -0.15) is 0 Å². The molecule has 60 heavy (non-hydrogen) atoms. The first-order chi connectivity index (χ1) is 29.0. The van der Waals surface area contributed by atoms with Gasteiger partial charge in [-0.15, -0.1) is 0 Å². The van der Waals surface area contributed by atoms with E-state index in [0.29, 0.717) is 48.9 Å². The lowest BCUT2D eigenvalue weighted by Gasteiger charge is -2.29. The number of aliphatic carboxylic acids is 1. The summed E-state index contributed by atoms with van der Waals surface area (Å²) >= 11 is 13.3. The van der Waals surface area contributed by atoms with Crippen LogP contribution in [-0.4, -0.2) is 53.5 Å². The number of halogens is 2. The molecule has 0 bridgehead atoms. The maximum atomic E-state index is 14.7. The summed E-state index contributed by atoms with van der Waals surface area (Å²) in [5, 5.41) is 21.1. The number of anilines is 1. The Kier molecular flexibility index (Phi) is 9.41. The lowest BCUT2D eigenvalue weighted by atomic mass is 10.1. The fourth-order valence-electron chi connectivity index (χ4n) is 7.57. The van der Waals surface area contributed by atoms with Crippen LogP contribution in [0.1, 0.15) is 29.0 Å². The number of carbonyl (C=O) groups is 2. The predicted octanol–water partition coefficient (Wildman–Crippen LogP) is 7.70. The summed E-state index contributed by atoms with van der Waals surface area (Å²) in [7, 11) is 1.44. The fourth-order valence-corrected chi connectivity index (χ4v) is 8.08. The number of aryl methyl sites for hydroxylation is 2. The number of nitrogens with zero attached hydrogens (tertiary/aromatic N) is 7. The summed E-state index contributed by atoms with van der Waals surface area (Å²) in [5.74, 6) is -0.969. The molecule has 0 fully saturated rings. The van der Waals surface area contributed by atoms with Crippen LogP contribution in [0.25, 0.3) is 55.2 Å². The highest BCUT2D eigenvalue weighted by Crippen LogP contribution is 2.35. The molecule has 0 aliphatic heterocycles. The summed E-state index contributed by atoms with van der Waals surface area (Å²) < 4.78 is 18.9. The molecule has 9 aromatic rings. The second kappa shape index (κ2) is 14.8. The first-order valence-electron chi connectivity index (χ1n) is 18.3. The average molecular weight is 843 g/mol. The number of amides is 1. The minimum atomic E-state index is -1.73. The highest BCUT2D eigenvalue weighted by Gasteiger charge is 2.35. The molecule has 1 unspecified atom stereocenters. The zero-order chi connectivity index (χ0) is 42.0. The van der Waals surface area contributed by atoms with Gasteiger partial charge in [0.25, 0.3) is 11.1 Å². The van der Waals surface area contributed by atoms with Crippen molar-refractivity contribution in [3.05, 3.63) is 151 Å². The Hall–Kier alpha value is -7.36. The first kappa shape index (κ1) is 38.2. The van der Waals surface area contributed by atoms with Gasteiger partial charge in [0.1, 0.15) is 50.7 Å². The molecule has 9 rings (SSSR count). The Morgan fingerprint density at radius 1 is 0.733 bits per heavy atom. The molecule has 0 radical (unpaired) electrons. The van der Waals surface area contributed by atoms with Crippen LogP contribution >= 0.6 is 23.2 Å². The third kappa shape index (κ3) is 6.13. The van der Waals surface area contributed by atoms with Crippen molar-refractivity contribution in [2.45, 2.75) is 26.3 Å². The van der Waals surface area contributed by atoms with Crippen molar-refractivity contribution in [3.8, 4) is 17.4 Å². The minimum Gasteiger partial charge on any atom is -0.497 e. The number of carbonyl (C=O) groups excluding carboxylic acids is 1. The molecule has 6 heterocycles. The van der Waals surface area contributed by atoms with Crippen molar-refractivity contribution in [3.63, 3.8) is 0 Å². The summed E-state index contributed by atoms with van der Waals surface area (Å²) in [6.07, 6.45) is -0.414. The maximum absolute atomic E-state index is 14.7. The minimum absolute atomic E-state index is 0.0590. The van der Waals surface area contributed by atoms with Crippen LogP contribution in [0.4, 0.5) is 5.69 Å². The van der Waals surface area contributed by atoms with E-state index in [0.717, 1.165) is 4.90 Å². The normalized spacial score (nSPS) is 12.1. The van der Waals surface area contributed by atoms with Crippen LogP contribution in [0.3, 0.4) is 0 Å². The van der Waals surface area contributed by atoms with Crippen molar-refractivity contribution in [1.82, 2.24) is 29.4 Å². The van der Waals surface area contributed by atoms with Crippen molar-refractivity contribution in [2.24, 2.45) is 0 Å². The van der Waals surface area contributed by atoms with Crippen LogP contribution in [0, 0.1) is 13.8 Å². The molecular weight excluding hydrogens is 813 g/mol. The Labute approximate surface area is 347 Å². The van der Waals surface area contributed by atoms with Gasteiger partial charge in [-0.25, -0.2) is 14.8 Å². The van der Waals surface area contributed by atoms with Crippen molar-refractivity contribution >= 4 is 84.4 Å². The highest BCUT2D eigenvalue weighted by atomic mass is 35.5. The van der Waals surface area contributed by atoms with Gasteiger partial charge in [0.05, 0.1) is 46.0 Å². The standard InChI is InChI=1S/C43H29Cl2N7O8/c1-21-34-38(48-59-21)36-26(44)12-6-15-29(36)51(41(34)54)31-17-4-9-23(46-31)19-33(53)50(24-10-5-11-25(20-24)58-3)40(43(56)57)28-14-8-18-32(47-28)52-30-16-7-13-27(45)37(30)39-35(42(52)55)22(2)60-49-39/h4-18,20,40H,19H2,1-3H3,(H,56,57). The third-order valence-electron chi connectivity index (χ3n) is 10.2. The van der Waals surface area contributed by atoms with E-state index >= 15 is 0 Å². The Morgan fingerprint density at radius 2 is 1.27 bits per heavy atom. The first-order valence-corrected chi connectivity index (χ1v) is 19.0. The molecular formula is C43H29Cl2N7O8. The molecule has 6 aromatic heterocycles. The lowest BCUT2D eigenvalue weighted by molar-refractivity contribution is -0.140. The van der Waals surface area contributed by atoms with E-state index in [1.807, 2.05) is 0 Å². The number of aromatic nitrogens is 6. The summed E-state index contributed by atoms with van der Waals surface area (Å²) in [5.41, 5.74) is 0.681. The topological polar surface area (TPSA) is 189 Å². The van der Waals surface area contributed by atoms with Gasteiger partial charge < -0.3 is 18.9 Å². The largest absolute Gasteiger partial charge is 0.497 e. The van der Waals surface area contributed by atoms with Crippen LogP contribution in [0.2, 0.25) is 10.0 Å². The number of benzene rings is 3. The molecule has 0 aliphatic carbocycles. The van der Waals surface area contributed by atoms with Gasteiger partial charge in [0, 0.05) is 22.5 Å². The third-order valence-corrected chi connectivity index (χ3v) is 10.8. The monoisotopic (exact) mass is 841 g/mol. The molecule has 298 valence electrons. The predicted molar refractivity (Wildman–Crippen MR) is 224 cm³/mol. The van der Waals surface area contributed by atoms with Crippen LogP contribution < -0.4 is 20.8 Å². The summed E-state index contributed by atoms with van der Waals surface area (Å²) in [6.45, 7) is 3.22. The SMILES string of the molecule is COc1cccc(N(C(=O)Cc2cccc(-n3c(=O)c4c(C)onc4c4c(Cl)cccc43)n2)C(C(=O)O)c2cccc(-n3c(=O)c4c(C)onc4c4c(Cl)cccc43)n2)c1. The van der Waals surface area contributed by atoms with E-state index in [1.165, 1.54) is 28.4 Å². The number of pyridine rings is 4. The number of rotatable bonds is 9. The zero-order valence-corrected chi connectivity index (χ0v) is 33.2. The van der Waals surface area contributed by atoms with E-state index < -0.39 is 35.5 Å². The van der Waals surface area contributed by atoms with Crippen LogP contribution in [-0.2, 0) is 16.0 Å². The van der Waals surface area contributed by atoms with Gasteiger partial charge >= 0.3 is 5.97 Å². The lowest BCUT2D eigenvalue weighted by Crippen LogP contribution is -2.41. The van der Waals surface area contributed by atoms with Gasteiger partial charge in [-0.3, -0.25) is 28.4 Å². The maximum Gasteiger partial charge on any atom is 0.333 e. The number of carboxylic acid groups (broad SMARTS) is 1. The number of ether oxygens (including phenoxy) is 1. The summed E-state index contributed by atoms with van der Waals surface area (Å²) in [4.78, 5) is 66.9. The van der Waals surface area contributed by atoms with Gasteiger partial charge in [0.15, 0.2) is 6.04 Å². The summed E-state index contributed by atoms with van der Waals surface area (Å²) in [6, 6.07) is 24.1. The number of fused-ring (bicyclic) bond motifs is 6. The molecule has 0 saturated heterocycles. The van der Waals surface area contributed by atoms with E-state index in [-0.39, 0.29) is 50.8 Å². The Bertz CT molecular complexity index is 3370. The van der Waals surface area contributed by atoms with E-state index in [2.05, 4.69) is 10.3 Å². The quantitative estimate of drug-likeness (QED) is 0.149. The van der Waals surface area contributed by atoms with E-state index in [1.54, 1.807) is 98.8 Å².